The van der Waals surface area contributed by atoms with Gasteiger partial charge in [0.25, 0.3) is 0 Å². The summed E-state index contributed by atoms with van der Waals surface area (Å²) in [6.07, 6.45) is 0. The molecule has 1 saturated heterocycles. The summed E-state index contributed by atoms with van der Waals surface area (Å²) < 4.78 is 1.40. The largest absolute Gasteiger partial charge is 0.314 e. The van der Waals surface area contributed by atoms with Gasteiger partial charge < -0.3 is 4.48 Å². The van der Waals surface area contributed by atoms with E-state index in [4.69, 9.17) is 0 Å². The summed E-state index contributed by atoms with van der Waals surface area (Å²) in [4.78, 5) is 0. The van der Waals surface area contributed by atoms with Crippen LogP contribution in [0, 0.1) is 5.92 Å². The first-order chi connectivity index (χ1) is 4.18. The van der Waals surface area contributed by atoms with E-state index in [0.29, 0.717) is 0 Å². The molecule has 1 nitrogen and oxygen atoms in total. The van der Waals surface area contributed by atoms with E-state index in [1.165, 1.54) is 30.7 Å². The third kappa shape index (κ3) is 1.68. The van der Waals surface area contributed by atoms with Crippen LogP contribution < -0.4 is 0 Å². The van der Waals surface area contributed by atoms with Crippen LogP contribution in [0.1, 0.15) is 20.8 Å². The summed E-state index contributed by atoms with van der Waals surface area (Å²) in [5, 5.41) is 0. The van der Waals surface area contributed by atoms with Crippen molar-refractivity contribution < 1.29 is 4.48 Å². The molecule has 1 aliphatic rings. The van der Waals surface area contributed by atoms with E-state index in [1.54, 1.807) is 0 Å². The van der Waals surface area contributed by atoms with Gasteiger partial charge in [0.1, 0.15) is 13.1 Å². The zero-order valence-electron chi connectivity index (χ0n) is 6.85. The van der Waals surface area contributed by atoms with E-state index in [-0.39, 0.29) is 0 Å². The molecule has 0 unspecified atom stereocenters. The maximum atomic E-state index is 2.31. The first-order valence-corrected chi connectivity index (χ1v) is 4.03. The molecule has 1 heteroatoms. The van der Waals surface area contributed by atoms with Gasteiger partial charge in [0.15, 0.2) is 0 Å². The van der Waals surface area contributed by atoms with E-state index in [9.17, 15) is 0 Å². The van der Waals surface area contributed by atoms with Crippen molar-refractivity contribution in [3.63, 3.8) is 0 Å². The van der Waals surface area contributed by atoms with Crippen molar-refractivity contribution >= 4 is 0 Å². The van der Waals surface area contributed by atoms with Crippen LogP contribution in [0.4, 0.5) is 0 Å². The summed E-state index contributed by atoms with van der Waals surface area (Å²) in [5.74, 6) is 0.882. The molecule has 0 N–H and O–H groups in total. The van der Waals surface area contributed by atoms with Crippen molar-refractivity contribution in [3.05, 3.63) is 0 Å². The van der Waals surface area contributed by atoms with Crippen molar-refractivity contribution in [2.75, 3.05) is 26.2 Å². The Labute approximate surface area is 58.3 Å². The zero-order chi connectivity index (χ0) is 6.91. The Bertz CT molecular complexity index is 92.7. The van der Waals surface area contributed by atoms with Gasteiger partial charge in [-0.25, -0.2) is 0 Å². The van der Waals surface area contributed by atoms with E-state index in [1.807, 2.05) is 0 Å². The SMILES string of the molecule is CC[N+]1(CC(C)C)CC1. The van der Waals surface area contributed by atoms with Crippen LogP contribution >= 0.6 is 0 Å². The van der Waals surface area contributed by atoms with Gasteiger partial charge in [0.2, 0.25) is 0 Å². The third-order valence-electron chi connectivity index (χ3n) is 2.28. The van der Waals surface area contributed by atoms with Crippen LogP contribution in [0.25, 0.3) is 0 Å². The molecule has 0 aliphatic carbocycles. The number of quaternary nitrogens is 1. The lowest BCUT2D eigenvalue weighted by Gasteiger charge is -2.17. The minimum atomic E-state index is 0.882. The molecule has 54 valence electrons. The fourth-order valence-corrected chi connectivity index (χ4v) is 1.54. The molecular formula is C8H18N+. The first-order valence-electron chi connectivity index (χ1n) is 4.03. The molecule has 1 rings (SSSR count). The van der Waals surface area contributed by atoms with Crippen molar-refractivity contribution in [2.24, 2.45) is 5.92 Å². The summed E-state index contributed by atoms with van der Waals surface area (Å²) in [6, 6.07) is 0. The van der Waals surface area contributed by atoms with Gasteiger partial charge in [-0.05, 0) is 6.92 Å². The molecule has 9 heavy (non-hydrogen) atoms. The molecule has 0 radical (unpaired) electrons. The predicted octanol–water partition coefficient (Wildman–Crippen LogP) is 1.49. The lowest BCUT2D eigenvalue weighted by Crippen LogP contribution is -2.29. The van der Waals surface area contributed by atoms with Crippen LogP contribution in [0.5, 0.6) is 0 Å². The average Bonchev–Trinajstić information content (AvgIpc) is 2.48. The van der Waals surface area contributed by atoms with Gasteiger partial charge in [-0.1, -0.05) is 13.8 Å². The molecule has 0 saturated carbocycles. The maximum absolute atomic E-state index is 2.31. The van der Waals surface area contributed by atoms with Crippen LogP contribution in [0.2, 0.25) is 0 Å². The third-order valence-corrected chi connectivity index (χ3v) is 2.28. The highest BCUT2D eigenvalue weighted by Crippen LogP contribution is 2.22. The summed E-state index contributed by atoms with van der Waals surface area (Å²) >= 11 is 0. The van der Waals surface area contributed by atoms with E-state index < -0.39 is 0 Å². The highest BCUT2D eigenvalue weighted by Gasteiger charge is 2.40. The highest BCUT2D eigenvalue weighted by molar-refractivity contribution is 4.56. The number of rotatable bonds is 3. The Hall–Kier alpha value is -0.0400. The molecule has 0 spiro atoms. The van der Waals surface area contributed by atoms with Gasteiger partial charge in [0.05, 0.1) is 13.1 Å². The monoisotopic (exact) mass is 128 g/mol. The molecule has 0 atom stereocenters. The second kappa shape index (κ2) is 2.30. The van der Waals surface area contributed by atoms with Gasteiger partial charge in [-0.15, -0.1) is 0 Å². The van der Waals surface area contributed by atoms with Crippen molar-refractivity contribution in [1.82, 2.24) is 0 Å². The Kier molecular flexibility index (Phi) is 1.80. The summed E-state index contributed by atoms with van der Waals surface area (Å²) in [6.45, 7) is 12.6. The Morgan fingerprint density at radius 2 is 1.89 bits per heavy atom. The van der Waals surface area contributed by atoms with Gasteiger partial charge in [0, 0.05) is 5.92 Å². The minimum absolute atomic E-state index is 0.882. The van der Waals surface area contributed by atoms with Gasteiger partial charge >= 0.3 is 0 Å². The van der Waals surface area contributed by atoms with Gasteiger partial charge in [-0.3, -0.25) is 0 Å². The second-order valence-electron chi connectivity index (χ2n) is 3.68. The first kappa shape index (κ1) is 7.07. The lowest BCUT2D eigenvalue weighted by atomic mass is 10.2. The molecule has 0 amide bonds. The second-order valence-corrected chi connectivity index (χ2v) is 3.68. The Morgan fingerprint density at radius 1 is 1.33 bits per heavy atom. The lowest BCUT2D eigenvalue weighted by molar-refractivity contribution is -0.801. The zero-order valence-corrected chi connectivity index (χ0v) is 6.85. The molecule has 0 aromatic rings. The van der Waals surface area contributed by atoms with E-state index in [0.717, 1.165) is 5.92 Å². The summed E-state index contributed by atoms with van der Waals surface area (Å²) in [7, 11) is 0. The summed E-state index contributed by atoms with van der Waals surface area (Å²) in [5.41, 5.74) is 0. The number of hydrogen-bond acceptors (Lipinski definition) is 0. The van der Waals surface area contributed by atoms with Crippen LogP contribution in [0.3, 0.4) is 0 Å². The topological polar surface area (TPSA) is 0 Å². The standard InChI is InChI=1S/C8H18N/c1-4-9(5-6-9)7-8(2)3/h8H,4-7H2,1-3H3/q+1. The fraction of sp³-hybridized carbons (Fsp3) is 1.00. The van der Waals surface area contributed by atoms with Crippen molar-refractivity contribution in [3.8, 4) is 0 Å². The van der Waals surface area contributed by atoms with Crippen molar-refractivity contribution in [2.45, 2.75) is 20.8 Å². The van der Waals surface area contributed by atoms with Gasteiger partial charge in [-0.2, -0.15) is 0 Å². The minimum Gasteiger partial charge on any atom is -0.314 e. The molecule has 0 aromatic carbocycles. The number of nitrogens with zero attached hydrogens (tertiary/aromatic N) is 1. The number of hydrogen-bond donors (Lipinski definition) is 0. The van der Waals surface area contributed by atoms with Crippen LogP contribution in [-0.4, -0.2) is 30.7 Å². The average molecular weight is 128 g/mol. The van der Waals surface area contributed by atoms with E-state index in [2.05, 4.69) is 20.8 Å². The molecule has 1 aliphatic heterocycles. The predicted molar refractivity (Wildman–Crippen MR) is 40.2 cm³/mol. The normalized spacial score (nSPS) is 22.7. The number of likely N-dealkylation sites (N-methyl/N-ethyl adjacent to an activating group) is 1. The van der Waals surface area contributed by atoms with E-state index >= 15 is 0 Å². The molecule has 0 bridgehead atoms. The quantitative estimate of drug-likeness (QED) is 0.399. The Morgan fingerprint density at radius 3 is 2.00 bits per heavy atom. The molecule has 1 heterocycles. The van der Waals surface area contributed by atoms with Crippen LogP contribution in [0.15, 0.2) is 0 Å². The van der Waals surface area contributed by atoms with Crippen molar-refractivity contribution in [1.29, 1.82) is 0 Å². The van der Waals surface area contributed by atoms with Crippen LogP contribution in [-0.2, 0) is 0 Å². The fourth-order valence-electron chi connectivity index (χ4n) is 1.54. The molecule has 0 aromatic heterocycles. The molecule has 1 fully saturated rings. The highest BCUT2D eigenvalue weighted by atomic mass is 15.5. The smallest absolute Gasteiger partial charge is 0.129 e. The maximum Gasteiger partial charge on any atom is 0.129 e. The molecular weight excluding hydrogens is 110 g/mol. The Balaban J connectivity index is 2.25.